The lowest BCUT2D eigenvalue weighted by Crippen LogP contribution is -2.18. The Hall–Kier alpha value is -0.830. The molecule has 0 spiro atoms. The van der Waals surface area contributed by atoms with Gasteiger partial charge in [0.1, 0.15) is 0 Å². The van der Waals surface area contributed by atoms with Crippen LogP contribution >= 0.6 is 0 Å². The van der Waals surface area contributed by atoms with Gasteiger partial charge in [-0.25, -0.2) is 4.79 Å². The number of unbranched alkanes of at least 4 members (excludes halogenated alkanes) is 16. The molecule has 0 heterocycles. The molecular formula is C24H46O3. The second-order valence-corrected chi connectivity index (χ2v) is 7.99. The fourth-order valence-electron chi connectivity index (χ4n) is 3.42. The first-order chi connectivity index (χ1) is 13.2. The molecule has 0 aliphatic carbocycles. The maximum Gasteiger partial charge on any atom is 0.332 e. The van der Waals surface area contributed by atoms with Gasteiger partial charge in [-0.2, -0.15) is 0 Å². The zero-order valence-corrected chi connectivity index (χ0v) is 18.0. The van der Waals surface area contributed by atoms with Gasteiger partial charge in [-0.05, 0) is 32.1 Å². The van der Waals surface area contributed by atoms with Crippen molar-refractivity contribution in [1.82, 2.24) is 0 Å². The van der Waals surface area contributed by atoms with Gasteiger partial charge >= 0.3 is 5.97 Å². The molecule has 0 aromatic rings. The first kappa shape index (κ1) is 26.2. The first-order valence-corrected chi connectivity index (χ1v) is 11.7. The van der Waals surface area contributed by atoms with Crippen molar-refractivity contribution in [3.8, 4) is 0 Å². The van der Waals surface area contributed by atoms with Crippen molar-refractivity contribution in [3.63, 3.8) is 0 Å². The summed E-state index contributed by atoms with van der Waals surface area (Å²) in [5.41, 5.74) is 0. The molecule has 0 saturated heterocycles. The van der Waals surface area contributed by atoms with E-state index in [0.29, 0.717) is 6.42 Å². The number of aliphatic carboxylic acids is 1. The Labute approximate surface area is 168 Å². The summed E-state index contributed by atoms with van der Waals surface area (Å²) >= 11 is 0. The predicted octanol–water partition coefficient (Wildman–Crippen LogP) is 7.42. The van der Waals surface area contributed by atoms with E-state index in [2.05, 4.69) is 19.1 Å². The summed E-state index contributed by atoms with van der Waals surface area (Å²) in [5, 5.41) is 17.8. The Balaban J connectivity index is 3.12. The minimum atomic E-state index is -1.17. The van der Waals surface area contributed by atoms with Gasteiger partial charge in [-0.1, -0.05) is 109 Å². The molecule has 0 bridgehead atoms. The number of carboxylic acids is 1. The van der Waals surface area contributed by atoms with Crippen molar-refractivity contribution < 1.29 is 15.0 Å². The first-order valence-electron chi connectivity index (χ1n) is 11.7. The van der Waals surface area contributed by atoms with Crippen molar-refractivity contribution in [2.75, 3.05) is 0 Å². The van der Waals surface area contributed by atoms with Gasteiger partial charge in [0.25, 0.3) is 0 Å². The lowest BCUT2D eigenvalue weighted by atomic mass is 10.0. The second kappa shape index (κ2) is 21.5. The molecule has 0 rings (SSSR count). The van der Waals surface area contributed by atoms with Crippen molar-refractivity contribution in [2.45, 2.75) is 135 Å². The van der Waals surface area contributed by atoms with Crippen LogP contribution in [0.3, 0.4) is 0 Å². The molecule has 0 saturated carbocycles. The van der Waals surface area contributed by atoms with E-state index in [4.69, 9.17) is 5.11 Å². The number of hydrogen-bond donors (Lipinski definition) is 2. The number of aliphatic hydroxyl groups excluding tert-OH is 1. The summed E-state index contributed by atoms with van der Waals surface area (Å²) in [4.78, 5) is 10.5. The fraction of sp³-hybridized carbons (Fsp3) is 0.875. The Kier molecular flexibility index (Phi) is 20.8. The minimum Gasteiger partial charge on any atom is -0.479 e. The molecule has 3 heteroatoms. The van der Waals surface area contributed by atoms with Crippen LogP contribution < -0.4 is 0 Å². The van der Waals surface area contributed by atoms with Crippen LogP contribution in [0.5, 0.6) is 0 Å². The molecule has 0 radical (unpaired) electrons. The largest absolute Gasteiger partial charge is 0.479 e. The van der Waals surface area contributed by atoms with Crippen LogP contribution in [-0.4, -0.2) is 22.3 Å². The average molecular weight is 383 g/mol. The highest BCUT2D eigenvalue weighted by molar-refractivity contribution is 5.71. The Morgan fingerprint density at radius 2 is 1.04 bits per heavy atom. The van der Waals surface area contributed by atoms with Crippen LogP contribution in [0.4, 0.5) is 0 Å². The predicted molar refractivity (Wildman–Crippen MR) is 116 cm³/mol. The summed E-state index contributed by atoms with van der Waals surface area (Å²) in [6.45, 7) is 2.27. The van der Waals surface area contributed by atoms with Crippen LogP contribution in [0.2, 0.25) is 0 Å². The Morgan fingerprint density at radius 3 is 1.44 bits per heavy atom. The van der Waals surface area contributed by atoms with Gasteiger partial charge in [-0.3, -0.25) is 0 Å². The molecule has 0 aromatic carbocycles. The van der Waals surface area contributed by atoms with Gasteiger partial charge in [-0.15, -0.1) is 0 Å². The normalized spacial score (nSPS) is 12.7. The number of aliphatic hydroxyl groups is 1. The number of carbonyl (C=O) groups is 1. The summed E-state index contributed by atoms with van der Waals surface area (Å²) < 4.78 is 0. The van der Waals surface area contributed by atoms with Crippen LogP contribution in [0.1, 0.15) is 129 Å². The van der Waals surface area contributed by atoms with E-state index in [1.165, 1.54) is 96.3 Å². The molecule has 0 aliphatic rings. The van der Waals surface area contributed by atoms with Gasteiger partial charge in [0.2, 0.25) is 0 Å². The van der Waals surface area contributed by atoms with Crippen LogP contribution in [0.15, 0.2) is 12.2 Å². The third-order valence-electron chi connectivity index (χ3n) is 5.27. The van der Waals surface area contributed by atoms with E-state index in [0.717, 1.165) is 19.3 Å². The van der Waals surface area contributed by atoms with Gasteiger partial charge in [0, 0.05) is 0 Å². The number of carboxylic acid groups (broad SMARTS) is 1. The van der Waals surface area contributed by atoms with E-state index in [1.54, 1.807) is 0 Å². The van der Waals surface area contributed by atoms with E-state index in [9.17, 15) is 9.90 Å². The van der Waals surface area contributed by atoms with Crippen molar-refractivity contribution in [3.05, 3.63) is 12.2 Å². The van der Waals surface area contributed by atoms with Crippen LogP contribution in [-0.2, 0) is 4.79 Å². The van der Waals surface area contributed by atoms with E-state index >= 15 is 0 Å². The second-order valence-electron chi connectivity index (χ2n) is 7.99. The molecule has 27 heavy (non-hydrogen) atoms. The standard InChI is InChI=1S/C24H46O3/c1-2-3-4-5-6-7-8-9-10-11-12-13-14-15-16-17-18-19-20-21-22-23(25)24(26)27/h9-10,23,25H,2-8,11-22H2,1H3,(H,26,27)/t23-/m1/s1. The third-order valence-corrected chi connectivity index (χ3v) is 5.27. The molecular weight excluding hydrogens is 336 g/mol. The van der Waals surface area contributed by atoms with Gasteiger partial charge < -0.3 is 10.2 Å². The van der Waals surface area contributed by atoms with E-state index in [-0.39, 0.29) is 0 Å². The average Bonchev–Trinajstić information content (AvgIpc) is 2.66. The maximum atomic E-state index is 10.5. The van der Waals surface area contributed by atoms with Gasteiger partial charge in [0.15, 0.2) is 6.10 Å². The molecule has 0 aromatic heterocycles. The van der Waals surface area contributed by atoms with Crippen molar-refractivity contribution in [1.29, 1.82) is 0 Å². The highest BCUT2D eigenvalue weighted by atomic mass is 16.4. The van der Waals surface area contributed by atoms with Crippen molar-refractivity contribution in [2.24, 2.45) is 0 Å². The number of rotatable bonds is 21. The highest BCUT2D eigenvalue weighted by Gasteiger charge is 2.11. The minimum absolute atomic E-state index is 0.392. The topological polar surface area (TPSA) is 57.5 Å². The zero-order valence-electron chi connectivity index (χ0n) is 18.0. The summed E-state index contributed by atoms with van der Waals surface area (Å²) in [6, 6.07) is 0. The summed E-state index contributed by atoms with van der Waals surface area (Å²) in [5.74, 6) is -1.09. The Bertz CT molecular complexity index is 339. The molecule has 1 atom stereocenters. The van der Waals surface area contributed by atoms with E-state index in [1.807, 2.05) is 0 Å². The van der Waals surface area contributed by atoms with E-state index < -0.39 is 12.1 Å². The lowest BCUT2D eigenvalue weighted by molar-refractivity contribution is -0.146. The molecule has 0 fully saturated rings. The monoisotopic (exact) mass is 382 g/mol. The van der Waals surface area contributed by atoms with Gasteiger partial charge in [0.05, 0.1) is 0 Å². The summed E-state index contributed by atoms with van der Waals surface area (Å²) in [7, 11) is 0. The molecule has 160 valence electrons. The van der Waals surface area contributed by atoms with Crippen LogP contribution in [0, 0.1) is 0 Å². The van der Waals surface area contributed by atoms with Crippen molar-refractivity contribution >= 4 is 5.97 Å². The fourth-order valence-corrected chi connectivity index (χ4v) is 3.42. The third kappa shape index (κ3) is 21.3. The quantitative estimate of drug-likeness (QED) is 0.160. The molecule has 2 N–H and O–H groups in total. The SMILES string of the molecule is CCCCCCCCC=CCCCCCCCCCCCC[C@@H](O)C(=O)O. The zero-order chi connectivity index (χ0) is 20.0. The molecule has 0 amide bonds. The molecule has 0 unspecified atom stereocenters. The number of hydrogen-bond acceptors (Lipinski definition) is 2. The number of allylic oxidation sites excluding steroid dienone is 2. The Morgan fingerprint density at radius 1 is 0.667 bits per heavy atom. The van der Waals surface area contributed by atoms with Crippen LogP contribution in [0.25, 0.3) is 0 Å². The smallest absolute Gasteiger partial charge is 0.332 e. The molecule has 3 nitrogen and oxygen atoms in total. The lowest BCUT2D eigenvalue weighted by Gasteiger charge is -2.05. The molecule has 0 aliphatic heterocycles. The highest BCUT2D eigenvalue weighted by Crippen LogP contribution is 2.13. The summed E-state index contributed by atoms with van der Waals surface area (Å²) in [6.07, 6.45) is 27.1. The maximum absolute atomic E-state index is 10.5.